The van der Waals surface area contributed by atoms with Crippen molar-refractivity contribution in [1.29, 1.82) is 0 Å². The first-order valence-electron chi connectivity index (χ1n) is 7.57. The maximum Gasteiger partial charge on any atom is 0 e. The number of Topliss-reactive ketones (excluding diaryl/α,β-unsaturated/α-hetero) is 3. The Morgan fingerprint density at radius 2 is 1.30 bits per heavy atom. The molecule has 0 heterocycles. The molecule has 0 bridgehead atoms. The van der Waals surface area contributed by atoms with Gasteiger partial charge in [-0.3, -0.25) is 14.4 Å². The van der Waals surface area contributed by atoms with E-state index in [1.807, 2.05) is 0 Å². The molecular formula is C16H30Cl2O6RuSg2. The van der Waals surface area contributed by atoms with Gasteiger partial charge in [-0.15, -0.1) is 0 Å². The van der Waals surface area contributed by atoms with E-state index in [1.54, 1.807) is 27.7 Å². The molecule has 0 aliphatic carbocycles. The Morgan fingerprint density at radius 3 is 1.52 bits per heavy atom. The molecule has 0 unspecified atom stereocenters. The molecule has 0 radical (unpaired) electrons. The molecule has 0 saturated heterocycles. The zero-order valence-electron chi connectivity index (χ0n) is 17.0. The summed E-state index contributed by atoms with van der Waals surface area (Å²) >= 11 is -0.346. The summed E-state index contributed by atoms with van der Waals surface area (Å²) in [4.78, 5) is 32.9. The molecule has 11 heteroatoms. The van der Waals surface area contributed by atoms with Gasteiger partial charge in [0.25, 0.3) is 0 Å². The van der Waals surface area contributed by atoms with Crippen LogP contribution in [0.15, 0.2) is 0 Å². The van der Waals surface area contributed by atoms with Crippen molar-refractivity contribution in [2.24, 2.45) is 10.8 Å². The van der Waals surface area contributed by atoms with Gasteiger partial charge in [0.05, 0.1) is 11.5 Å². The Morgan fingerprint density at radius 1 is 0.926 bits per heavy atom. The number of carbonyl (C=O) groups is 3. The van der Waals surface area contributed by atoms with Crippen LogP contribution in [0.1, 0.15) is 54.4 Å². The van der Waals surface area contributed by atoms with E-state index in [4.69, 9.17) is 29.6 Å². The quantitative estimate of drug-likeness (QED) is 0.255. The Balaban J connectivity index is -0.0000000978. The predicted molar refractivity (Wildman–Crippen MR) is 95.0 cm³/mol. The molecule has 156 valence electrons. The molecule has 0 fully saturated rings. The van der Waals surface area contributed by atoms with Gasteiger partial charge in [0.1, 0.15) is 17.3 Å². The summed E-state index contributed by atoms with van der Waals surface area (Å²) in [5.74, 6) is -0.415. The van der Waals surface area contributed by atoms with Gasteiger partial charge in [-0.05, 0) is 34.1 Å². The van der Waals surface area contributed by atoms with Crippen molar-refractivity contribution in [3.63, 3.8) is 0 Å². The molecule has 6 nitrogen and oxygen atoms in total. The monoisotopic (exact) mass is 1030 g/mol. The van der Waals surface area contributed by atoms with Gasteiger partial charge in [0.15, 0.2) is 0 Å². The first-order valence-corrected chi connectivity index (χ1v) is 12.0. The minimum Gasteiger partial charge on any atom is 0 e. The zero-order valence-corrected chi connectivity index (χ0v) is 33.2. The summed E-state index contributed by atoms with van der Waals surface area (Å²) in [5, 5.41) is 26.3. The normalized spacial score (nSPS) is 11.4. The van der Waals surface area contributed by atoms with Crippen molar-refractivity contribution in [3.05, 3.63) is 0 Å². The van der Waals surface area contributed by atoms with Gasteiger partial charge in [-0.25, -0.2) is 0 Å². The molecule has 0 aliphatic rings. The van der Waals surface area contributed by atoms with E-state index in [-0.39, 0.29) is 58.6 Å². The van der Waals surface area contributed by atoms with Crippen LogP contribution in [0.4, 0.5) is 0 Å². The Bertz CT molecular complexity index is 424. The molecule has 3 N–H and O–H groups in total. The third kappa shape index (κ3) is 14.9. The summed E-state index contributed by atoms with van der Waals surface area (Å²) in [7, 11) is 9.71. The van der Waals surface area contributed by atoms with Crippen LogP contribution in [-0.2, 0) is 29.5 Å². The van der Waals surface area contributed by atoms with Crippen LogP contribution < -0.4 is 0 Å². The summed E-state index contributed by atoms with van der Waals surface area (Å²) in [6.07, 6.45) is -0.427. The minimum atomic E-state index is -0.928. The van der Waals surface area contributed by atoms with Crippen molar-refractivity contribution in [2.45, 2.75) is 60.5 Å². The zero-order chi connectivity index (χ0) is 20.8. The van der Waals surface area contributed by atoms with Crippen LogP contribution in [0.25, 0.3) is 0 Å². The van der Waals surface area contributed by atoms with Gasteiger partial charge in [-0.1, -0.05) is 13.8 Å². The second-order valence-electron chi connectivity index (χ2n) is 6.43. The number of carbonyl (C=O) groups excluding carboxylic acids is 3. The van der Waals surface area contributed by atoms with Crippen LogP contribution in [0, 0.1) is 10.8 Å². The van der Waals surface area contributed by atoms with Crippen LogP contribution in [0.5, 0.6) is 0 Å². The molecule has 0 spiro atoms. The number of aliphatic hydroxyl groups is 3. The van der Waals surface area contributed by atoms with E-state index in [0.29, 0.717) is 0 Å². The van der Waals surface area contributed by atoms with Crippen molar-refractivity contribution in [1.82, 2.24) is 0 Å². The number of halogens is 2. The molecule has 0 aliphatic heterocycles. The predicted octanol–water partition coefficient (Wildman–Crippen LogP) is 2.27. The molecule has 0 amide bonds. The molecule has 1 atom stereocenters. The van der Waals surface area contributed by atoms with Gasteiger partial charge in [0.2, 0.25) is 0 Å². The molecule has 0 aromatic rings. The van der Waals surface area contributed by atoms with Crippen molar-refractivity contribution < 1.29 is 44.8 Å². The number of ketones is 3. The molecule has 0 rings (SSSR count). The first kappa shape index (κ1) is 36.1. The maximum atomic E-state index is 11.1. The summed E-state index contributed by atoms with van der Waals surface area (Å²) in [6.45, 7) is 9.06. The smallest absolute Gasteiger partial charge is 0 e. The van der Waals surface area contributed by atoms with E-state index in [2.05, 4.69) is 0 Å². The van der Waals surface area contributed by atoms with Crippen molar-refractivity contribution in [2.75, 3.05) is 13.2 Å². The number of hydrogen-bond donors (Lipinski definition) is 3. The van der Waals surface area contributed by atoms with Crippen molar-refractivity contribution >= 4 is 36.7 Å². The fraction of sp³-hybridized carbons (Fsp3) is 0.812. The maximum absolute atomic E-state index is 11.1. The molecular weight excluding hydrogens is 998 g/mol. The Hall–Kier alpha value is -1.91. The Labute approximate surface area is 166 Å². The second-order valence-corrected chi connectivity index (χ2v) is 9.07. The van der Waals surface area contributed by atoms with Gasteiger partial charge in [-0.2, -0.15) is 0 Å². The molecule has 0 saturated carbocycles. The molecule has 0 aromatic heterocycles. The van der Waals surface area contributed by atoms with E-state index in [9.17, 15) is 19.5 Å². The van der Waals surface area contributed by atoms with Crippen LogP contribution in [-0.4, -0.2) is 52.0 Å². The SMILES string of the molecule is CC(=O)C(C)(C)C(=O)CCO.CC(=O)C(C)(C)[C@H](O)CCO.[Cl][Ru][Cl].[Sg].[Sg]. The average molecular weight is 1030 g/mol. The Kier molecular flexibility index (Phi) is 23.4. The van der Waals surface area contributed by atoms with Gasteiger partial charge < -0.3 is 15.3 Å². The third-order valence-electron chi connectivity index (χ3n) is 4.06. The number of hydrogen-bond acceptors (Lipinski definition) is 6. The summed E-state index contributed by atoms with van der Waals surface area (Å²) in [6, 6.07) is 0. The number of aliphatic hydroxyl groups excluding tert-OH is 3. The number of rotatable bonds is 8. The third-order valence-corrected chi connectivity index (χ3v) is 4.06. The molecule has 27 heavy (non-hydrogen) atoms. The van der Waals surface area contributed by atoms with E-state index >= 15 is 0 Å². The average Bonchev–Trinajstić information content (AvgIpc) is 2.48. The topological polar surface area (TPSA) is 112 Å². The standard InChI is InChI=1S/C8H16O3.C8H14O3.2ClH.Ru.2Sg/c2*1-6(10)8(2,3)7(11)4-5-9;;;;;/h7,9,11H,4-5H2,1-3H3;9H,4-5H2,1-3H3;2*1H;;;/q;;;;+2;;/p-2/t7-;;;;;;/m1....../s1. The summed E-state index contributed by atoms with van der Waals surface area (Å²) < 4.78 is 0. The van der Waals surface area contributed by atoms with Crippen molar-refractivity contribution in [3.8, 4) is 0 Å². The van der Waals surface area contributed by atoms with Crippen LogP contribution in [0.3, 0.4) is 0 Å². The largest absolute Gasteiger partial charge is 0 e. The van der Waals surface area contributed by atoms with E-state index in [1.165, 1.54) is 13.8 Å². The minimum absolute atomic E-state index is 0. The van der Waals surface area contributed by atoms with Crippen LogP contribution in [0.2, 0.25) is 0 Å². The first-order chi connectivity index (χ1) is 11.3. The fourth-order valence-corrected chi connectivity index (χ4v) is 1.33. The molecule has 0 aromatic carbocycles. The van der Waals surface area contributed by atoms with Gasteiger partial charge >= 0.3 is 34.5 Å². The van der Waals surface area contributed by atoms with Crippen LogP contribution >= 0.6 is 19.4 Å². The second kappa shape index (κ2) is 17.5. The van der Waals surface area contributed by atoms with E-state index < -0.39 is 16.9 Å². The fourth-order valence-electron chi connectivity index (χ4n) is 1.33. The van der Waals surface area contributed by atoms with E-state index in [0.717, 1.165) is 0 Å². The summed E-state index contributed by atoms with van der Waals surface area (Å²) in [5.41, 5.74) is -1.66. The van der Waals surface area contributed by atoms with Gasteiger partial charge in [0, 0.05) is 25.0 Å².